The zero-order valence-corrected chi connectivity index (χ0v) is 36.3. The molecule has 1 amide bonds. The largest absolute Gasteiger partial charge is 0.336 e. The molecule has 0 aromatic heterocycles. The lowest BCUT2D eigenvalue weighted by molar-refractivity contribution is 0.0762. The number of amides is 1. The fourth-order valence-corrected chi connectivity index (χ4v) is 9.17. The summed E-state index contributed by atoms with van der Waals surface area (Å²) in [6.07, 6.45) is 0. The first-order valence-corrected chi connectivity index (χ1v) is 24.1. The van der Waals surface area contributed by atoms with Crippen LogP contribution in [0, 0.1) is 27.7 Å². The second-order valence-electron chi connectivity index (χ2n) is 13.4. The van der Waals surface area contributed by atoms with Crippen molar-refractivity contribution in [1.29, 1.82) is 0 Å². The van der Waals surface area contributed by atoms with Crippen molar-refractivity contribution in [1.82, 2.24) is 19.1 Å². The molecule has 0 saturated carbocycles. The summed E-state index contributed by atoms with van der Waals surface area (Å²) < 4.78 is 111. The van der Waals surface area contributed by atoms with E-state index in [1.165, 1.54) is 53.4 Å². The summed E-state index contributed by atoms with van der Waals surface area (Å²) in [4.78, 5) is 14.9. The zero-order chi connectivity index (χ0) is 43.3. The van der Waals surface area contributed by atoms with E-state index >= 15 is 0 Å². The predicted octanol–water partition coefficient (Wildman–Crippen LogP) is 4.69. The van der Waals surface area contributed by atoms with Gasteiger partial charge in [-0.3, -0.25) is 8.98 Å². The van der Waals surface area contributed by atoms with Crippen LogP contribution in [-0.2, 0) is 44.4 Å². The smallest absolute Gasteiger partial charge is 0.297 e. The standard InChI is InChI=1S/C25H29N3O5S2.C16H19NO5S2/c1-20-8-12-23(13-9-20)34(30,31)26-16-18-28(25(29)22-6-4-3-5-7-22)19-17-27-35(32,33)24-14-10-21(2)11-15-24;1-13-3-7-15(8-4-13)23(18,19)17-11-12-22-24(20,21)16-9-5-14(2)6-10-16/h3-15,26-27H,16-19H2,1-2H3;3-10,17H,11-12H2,1-2H3. The quantitative estimate of drug-likeness (QED) is 0.0819. The van der Waals surface area contributed by atoms with Gasteiger partial charge in [0.05, 0.1) is 26.2 Å². The van der Waals surface area contributed by atoms with Crippen LogP contribution in [0.1, 0.15) is 32.6 Å². The normalized spacial score (nSPS) is 12.0. The second kappa shape index (κ2) is 20.9. The van der Waals surface area contributed by atoms with Gasteiger partial charge in [-0.05, 0) is 88.4 Å². The number of benzene rings is 5. The Hall–Kier alpha value is -4.79. The maximum Gasteiger partial charge on any atom is 0.297 e. The molecule has 0 spiro atoms. The van der Waals surface area contributed by atoms with E-state index in [-0.39, 0.29) is 64.8 Å². The van der Waals surface area contributed by atoms with Crippen LogP contribution in [0.3, 0.4) is 0 Å². The first-order valence-electron chi connectivity index (χ1n) is 18.3. The number of nitrogens with one attached hydrogen (secondary N) is 3. The predicted molar refractivity (Wildman–Crippen MR) is 226 cm³/mol. The minimum atomic E-state index is -3.90. The summed E-state index contributed by atoms with van der Waals surface area (Å²) in [5.74, 6) is -0.324. The summed E-state index contributed by atoms with van der Waals surface area (Å²) >= 11 is 0. The molecule has 0 unspecified atom stereocenters. The Morgan fingerprint density at radius 3 is 1.14 bits per heavy atom. The minimum absolute atomic E-state index is 0.0283. The molecule has 0 radical (unpaired) electrons. The lowest BCUT2D eigenvalue weighted by Crippen LogP contribution is -2.42. The second-order valence-corrected chi connectivity index (χ2v) is 20.3. The van der Waals surface area contributed by atoms with Gasteiger partial charge in [0.15, 0.2) is 0 Å². The number of rotatable bonds is 18. The maximum atomic E-state index is 13.0. The molecule has 0 atom stereocenters. The van der Waals surface area contributed by atoms with Crippen molar-refractivity contribution in [3.05, 3.63) is 155 Å². The van der Waals surface area contributed by atoms with Gasteiger partial charge in [-0.2, -0.15) is 8.42 Å². The zero-order valence-electron chi connectivity index (χ0n) is 33.0. The summed E-state index contributed by atoms with van der Waals surface area (Å²) in [5, 5.41) is 0. The average molecular weight is 885 g/mol. The van der Waals surface area contributed by atoms with Crippen molar-refractivity contribution >= 4 is 46.1 Å². The van der Waals surface area contributed by atoms with Gasteiger partial charge in [-0.15, -0.1) is 0 Å². The van der Waals surface area contributed by atoms with Crippen LogP contribution in [0.4, 0.5) is 0 Å². The number of hydrogen-bond acceptors (Lipinski definition) is 10. The number of sulfonamides is 3. The molecule has 0 aliphatic rings. The van der Waals surface area contributed by atoms with Crippen LogP contribution < -0.4 is 14.2 Å². The molecular formula is C41H48N4O10S4. The Labute approximate surface area is 347 Å². The monoisotopic (exact) mass is 884 g/mol. The molecule has 316 valence electrons. The topological polar surface area (TPSA) is 202 Å². The third-order valence-corrected chi connectivity index (χ3v) is 14.3. The van der Waals surface area contributed by atoms with Gasteiger partial charge in [0.1, 0.15) is 0 Å². The van der Waals surface area contributed by atoms with Crippen LogP contribution in [0.25, 0.3) is 0 Å². The van der Waals surface area contributed by atoms with Gasteiger partial charge < -0.3 is 4.90 Å². The average Bonchev–Trinajstić information content (AvgIpc) is 3.20. The van der Waals surface area contributed by atoms with E-state index in [2.05, 4.69) is 14.2 Å². The molecule has 59 heavy (non-hydrogen) atoms. The molecule has 14 nitrogen and oxygen atoms in total. The molecule has 0 saturated heterocycles. The fourth-order valence-electron chi connectivity index (χ4n) is 5.21. The molecular weight excluding hydrogens is 837 g/mol. The molecule has 0 aliphatic carbocycles. The molecule has 18 heteroatoms. The number of aryl methyl sites for hydroxylation is 4. The van der Waals surface area contributed by atoms with E-state index in [9.17, 15) is 38.5 Å². The summed E-state index contributed by atoms with van der Waals surface area (Å²) in [6.45, 7) is 7.05. The van der Waals surface area contributed by atoms with Crippen molar-refractivity contribution < 1.29 is 42.6 Å². The molecule has 5 rings (SSSR count). The highest BCUT2D eigenvalue weighted by atomic mass is 32.2. The van der Waals surface area contributed by atoms with Crippen LogP contribution in [0.5, 0.6) is 0 Å². The Balaban J connectivity index is 0.000000280. The highest BCUT2D eigenvalue weighted by Crippen LogP contribution is 2.15. The van der Waals surface area contributed by atoms with Gasteiger partial charge in [-0.1, -0.05) is 89.0 Å². The fraction of sp³-hybridized carbons (Fsp3) is 0.244. The summed E-state index contributed by atoms with van der Waals surface area (Å²) in [5.41, 5.74) is 4.19. The number of carbonyl (C=O) groups is 1. The molecule has 3 N–H and O–H groups in total. The van der Waals surface area contributed by atoms with E-state index in [1.807, 2.05) is 27.7 Å². The number of carbonyl (C=O) groups excluding carboxylic acids is 1. The molecule has 0 heterocycles. The van der Waals surface area contributed by atoms with E-state index < -0.39 is 40.2 Å². The highest BCUT2D eigenvalue weighted by molar-refractivity contribution is 7.90. The van der Waals surface area contributed by atoms with Gasteiger partial charge >= 0.3 is 0 Å². The maximum absolute atomic E-state index is 13.0. The number of hydrogen-bond donors (Lipinski definition) is 3. The Bertz CT molecular complexity index is 2430. The van der Waals surface area contributed by atoms with Crippen LogP contribution in [0.15, 0.2) is 147 Å². The van der Waals surface area contributed by atoms with E-state index in [4.69, 9.17) is 4.18 Å². The van der Waals surface area contributed by atoms with Crippen molar-refractivity contribution in [3.63, 3.8) is 0 Å². The SMILES string of the molecule is Cc1ccc(S(=O)(=O)NCCN(CCNS(=O)(=O)c2ccc(C)cc2)C(=O)c2ccccc2)cc1.Cc1ccc(S(=O)(=O)NCCOS(=O)(=O)c2ccc(C)cc2)cc1. The van der Waals surface area contributed by atoms with E-state index in [0.29, 0.717) is 5.56 Å². The third kappa shape index (κ3) is 14.5. The van der Waals surface area contributed by atoms with Gasteiger partial charge in [-0.25, -0.2) is 39.4 Å². The summed E-state index contributed by atoms with van der Waals surface area (Å²) in [6, 6.07) is 34.0. The first kappa shape index (κ1) is 46.9. The Morgan fingerprint density at radius 1 is 0.458 bits per heavy atom. The van der Waals surface area contributed by atoms with Crippen molar-refractivity contribution in [3.8, 4) is 0 Å². The van der Waals surface area contributed by atoms with Crippen LogP contribution in [-0.4, -0.2) is 83.8 Å². The number of nitrogens with zero attached hydrogens (tertiary/aromatic N) is 1. The minimum Gasteiger partial charge on any atom is -0.336 e. The van der Waals surface area contributed by atoms with Gasteiger partial charge in [0, 0.05) is 38.3 Å². The molecule has 0 bridgehead atoms. The molecule has 0 aliphatic heterocycles. The van der Waals surface area contributed by atoms with Crippen molar-refractivity contribution in [2.75, 3.05) is 39.3 Å². The Morgan fingerprint density at radius 2 is 0.780 bits per heavy atom. The lowest BCUT2D eigenvalue weighted by Gasteiger charge is -2.23. The highest BCUT2D eigenvalue weighted by Gasteiger charge is 2.21. The molecule has 5 aromatic rings. The summed E-state index contributed by atoms with van der Waals surface area (Å²) in [7, 11) is -15.1. The third-order valence-electron chi connectivity index (χ3n) is 8.59. The van der Waals surface area contributed by atoms with Gasteiger partial charge in [0.25, 0.3) is 16.0 Å². The van der Waals surface area contributed by atoms with Crippen molar-refractivity contribution in [2.45, 2.75) is 47.3 Å². The van der Waals surface area contributed by atoms with Crippen molar-refractivity contribution in [2.24, 2.45) is 0 Å². The Kier molecular flexibility index (Phi) is 16.7. The molecule has 0 fully saturated rings. The first-order chi connectivity index (χ1) is 27.8. The van der Waals surface area contributed by atoms with Crippen LogP contribution >= 0.6 is 0 Å². The molecule has 5 aromatic carbocycles. The lowest BCUT2D eigenvalue weighted by atomic mass is 10.2. The van der Waals surface area contributed by atoms with E-state index in [1.54, 1.807) is 78.9 Å². The van der Waals surface area contributed by atoms with Crippen LogP contribution in [0.2, 0.25) is 0 Å². The van der Waals surface area contributed by atoms with Gasteiger partial charge in [0.2, 0.25) is 30.1 Å². The van der Waals surface area contributed by atoms with E-state index in [0.717, 1.165) is 22.3 Å².